The molecule has 1 unspecified atom stereocenters. The Hall–Kier alpha value is -0.720. The van der Waals surface area contributed by atoms with Gasteiger partial charge < -0.3 is 10.4 Å². The first-order chi connectivity index (χ1) is 8.81. The van der Waals surface area contributed by atoms with Crippen molar-refractivity contribution in [3.8, 4) is 0 Å². The number of piperidine rings is 1. The number of aromatic nitrogens is 2. The molecule has 2 rings (SSSR count). The highest BCUT2D eigenvalue weighted by Crippen LogP contribution is 2.21. The Bertz CT molecular complexity index is 358. The molecule has 1 atom stereocenters. The fourth-order valence-corrected chi connectivity index (χ4v) is 3.06. The summed E-state index contributed by atoms with van der Waals surface area (Å²) >= 11 is 1.64. The molecular weight excluding hydrogens is 248 g/mol. The van der Waals surface area contributed by atoms with E-state index in [2.05, 4.69) is 27.3 Å². The second-order valence-electron chi connectivity index (χ2n) is 4.85. The van der Waals surface area contributed by atoms with Crippen molar-refractivity contribution in [1.82, 2.24) is 15.1 Å². The van der Waals surface area contributed by atoms with Gasteiger partial charge in [0.05, 0.1) is 6.54 Å². The first kappa shape index (κ1) is 13.7. The van der Waals surface area contributed by atoms with Gasteiger partial charge in [0.1, 0.15) is 5.01 Å². The number of hydrogen-bond donors (Lipinski definition) is 2. The van der Waals surface area contributed by atoms with Crippen molar-refractivity contribution in [2.45, 2.75) is 32.7 Å². The van der Waals surface area contributed by atoms with Crippen LogP contribution < -0.4 is 5.32 Å². The van der Waals surface area contributed by atoms with Crippen molar-refractivity contribution in [3.05, 3.63) is 5.01 Å². The molecule has 0 radical (unpaired) electrons. The first-order valence-corrected chi connectivity index (χ1v) is 7.53. The van der Waals surface area contributed by atoms with Crippen molar-refractivity contribution < 1.29 is 5.11 Å². The molecule has 5 nitrogen and oxygen atoms in total. The van der Waals surface area contributed by atoms with Crippen LogP contribution in [0.3, 0.4) is 0 Å². The summed E-state index contributed by atoms with van der Waals surface area (Å²) in [7, 11) is 0. The molecule has 1 aliphatic rings. The van der Waals surface area contributed by atoms with Gasteiger partial charge in [-0.25, -0.2) is 0 Å². The summed E-state index contributed by atoms with van der Waals surface area (Å²) in [6, 6.07) is 0. The van der Waals surface area contributed by atoms with Gasteiger partial charge in [-0.05, 0) is 31.7 Å². The van der Waals surface area contributed by atoms with Gasteiger partial charge in [-0.1, -0.05) is 18.3 Å². The van der Waals surface area contributed by atoms with Gasteiger partial charge in [-0.2, -0.15) is 0 Å². The predicted octanol–water partition coefficient (Wildman–Crippen LogP) is 1.56. The van der Waals surface area contributed by atoms with Gasteiger partial charge in [0.25, 0.3) is 0 Å². The largest absolute Gasteiger partial charge is 0.396 e. The maximum atomic E-state index is 9.21. The molecule has 1 aromatic rings. The zero-order valence-corrected chi connectivity index (χ0v) is 11.7. The van der Waals surface area contributed by atoms with E-state index in [1.165, 1.54) is 6.42 Å². The molecule has 102 valence electrons. The topological polar surface area (TPSA) is 61.3 Å². The molecule has 0 spiro atoms. The van der Waals surface area contributed by atoms with Crippen LogP contribution in [0.2, 0.25) is 0 Å². The summed E-state index contributed by atoms with van der Waals surface area (Å²) < 4.78 is 0. The molecule has 18 heavy (non-hydrogen) atoms. The summed E-state index contributed by atoms with van der Waals surface area (Å²) in [5, 5.41) is 22.8. The Morgan fingerprint density at radius 1 is 1.50 bits per heavy atom. The summed E-state index contributed by atoms with van der Waals surface area (Å²) in [4.78, 5) is 2.37. The number of aliphatic hydroxyl groups is 1. The lowest BCUT2D eigenvalue weighted by atomic mass is 9.99. The Kier molecular flexibility index (Phi) is 5.34. The van der Waals surface area contributed by atoms with Crippen LogP contribution in [0.15, 0.2) is 0 Å². The first-order valence-electron chi connectivity index (χ1n) is 6.71. The molecule has 1 saturated heterocycles. The number of hydrogen-bond acceptors (Lipinski definition) is 6. The molecule has 1 aliphatic heterocycles. The Balaban J connectivity index is 1.83. The Morgan fingerprint density at radius 2 is 2.39 bits per heavy atom. The van der Waals surface area contributed by atoms with Crippen LogP contribution in [0, 0.1) is 5.92 Å². The quantitative estimate of drug-likeness (QED) is 0.821. The van der Waals surface area contributed by atoms with Crippen LogP contribution in [0.25, 0.3) is 0 Å². The molecule has 0 aromatic carbocycles. The van der Waals surface area contributed by atoms with E-state index in [1.807, 2.05) is 0 Å². The molecule has 1 aromatic heterocycles. The van der Waals surface area contributed by atoms with E-state index in [-0.39, 0.29) is 0 Å². The van der Waals surface area contributed by atoms with Gasteiger partial charge in [0.15, 0.2) is 0 Å². The minimum Gasteiger partial charge on any atom is -0.396 e. The fourth-order valence-electron chi connectivity index (χ4n) is 2.26. The maximum Gasteiger partial charge on any atom is 0.205 e. The second kappa shape index (κ2) is 7.01. The number of anilines is 1. The molecule has 0 saturated carbocycles. The summed E-state index contributed by atoms with van der Waals surface area (Å²) in [5.74, 6) is 0.435. The third-order valence-electron chi connectivity index (χ3n) is 3.21. The molecule has 2 N–H and O–H groups in total. The van der Waals surface area contributed by atoms with E-state index in [1.54, 1.807) is 11.3 Å². The van der Waals surface area contributed by atoms with Crippen LogP contribution >= 0.6 is 11.3 Å². The highest BCUT2D eigenvalue weighted by Gasteiger charge is 2.20. The molecule has 1 fully saturated rings. The van der Waals surface area contributed by atoms with Crippen molar-refractivity contribution in [1.29, 1.82) is 0 Å². The number of nitrogens with zero attached hydrogens (tertiary/aromatic N) is 3. The Morgan fingerprint density at radius 3 is 3.17 bits per heavy atom. The standard InChI is InChI=1S/C12H22N4OS/c1-2-5-13-12-15-14-11(18-12)8-16-6-3-4-10(7-16)9-17/h10,17H,2-9H2,1H3,(H,13,15). The molecule has 0 bridgehead atoms. The summed E-state index contributed by atoms with van der Waals surface area (Å²) in [5.41, 5.74) is 0. The monoisotopic (exact) mass is 270 g/mol. The van der Waals surface area contributed by atoms with E-state index in [4.69, 9.17) is 0 Å². The van der Waals surface area contributed by atoms with Gasteiger partial charge in [0.2, 0.25) is 5.13 Å². The number of nitrogens with one attached hydrogen (secondary N) is 1. The summed E-state index contributed by atoms with van der Waals surface area (Å²) in [6.07, 6.45) is 3.41. The smallest absolute Gasteiger partial charge is 0.205 e. The van der Waals surface area contributed by atoms with Crippen molar-refractivity contribution in [2.75, 3.05) is 31.6 Å². The Labute approximate surface area is 112 Å². The normalized spacial score (nSPS) is 21.1. The average molecular weight is 270 g/mol. The molecular formula is C12H22N4OS. The van der Waals surface area contributed by atoms with Crippen molar-refractivity contribution >= 4 is 16.5 Å². The van der Waals surface area contributed by atoms with E-state index in [0.717, 1.165) is 49.2 Å². The van der Waals surface area contributed by atoms with Gasteiger partial charge >= 0.3 is 0 Å². The lowest BCUT2D eigenvalue weighted by Gasteiger charge is -2.30. The lowest BCUT2D eigenvalue weighted by molar-refractivity contribution is 0.115. The van der Waals surface area contributed by atoms with Crippen LogP contribution in [0.5, 0.6) is 0 Å². The van der Waals surface area contributed by atoms with Gasteiger partial charge in [-0.15, -0.1) is 10.2 Å². The third kappa shape index (κ3) is 3.90. The number of rotatable bonds is 6. The van der Waals surface area contributed by atoms with E-state index < -0.39 is 0 Å². The lowest BCUT2D eigenvalue weighted by Crippen LogP contribution is -2.36. The van der Waals surface area contributed by atoms with Crippen LogP contribution in [-0.2, 0) is 6.54 Å². The zero-order chi connectivity index (χ0) is 12.8. The highest BCUT2D eigenvalue weighted by molar-refractivity contribution is 7.15. The predicted molar refractivity (Wildman–Crippen MR) is 73.8 cm³/mol. The number of aliphatic hydroxyl groups excluding tert-OH is 1. The second-order valence-corrected chi connectivity index (χ2v) is 5.92. The van der Waals surface area contributed by atoms with Crippen molar-refractivity contribution in [3.63, 3.8) is 0 Å². The van der Waals surface area contributed by atoms with Gasteiger partial charge in [-0.3, -0.25) is 4.90 Å². The third-order valence-corrected chi connectivity index (χ3v) is 4.08. The average Bonchev–Trinajstić information content (AvgIpc) is 2.84. The van der Waals surface area contributed by atoms with E-state index >= 15 is 0 Å². The van der Waals surface area contributed by atoms with Crippen molar-refractivity contribution in [2.24, 2.45) is 5.92 Å². The molecule has 6 heteroatoms. The summed E-state index contributed by atoms with van der Waals surface area (Å²) in [6.45, 7) is 6.34. The van der Waals surface area contributed by atoms with Crippen LogP contribution in [0.4, 0.5) is 5.13 Å². The van der Waals surface area contributed by atoms with E-state index in [0.29, 0.717) is 12.5 Å². The zero-order valence-electron chi connectivity index (χ0n) is 10.9. The van der Waals surface area contributed by atoms with Crippen LogP contribution in [-0.4, -0.2) is 46.4 Å². The van der Waals surface area contributed by atoms with E-state index in [9.17, 15) is 5.11 Å². The number of likely N-dealkylation sites (tertiary alicyclic amines) is 1. The minimum atomic E-state index is 0.302. The fraction of sp³-hybridized carbons (Fsp3) is 0.833. The maximum absolute atomic E-state index is 9.21. The highest BCUT2D eigenvalue weighted by atomic mass is 32.1. The SMILES string of the molecule is CCCNc1nnc(CN2CCCC(CO)C2)s1. The molecule has 0 amide bonds. The molecule has 2 heterocycles. The molecule has 0 aliphatic carbocycles. The minimum absolute atomic E-state index is 0.302. The van der Waals surface area contributed by atoms with Crippen LogP contribution in [0.1, 0.15) is 31.2 Å². The van der Waals surface area contributed by atoms with Gasteiger partial charge in [0, 0.05) is 19.7 Å².